The van der Waals surface area contributed by atoms with Crippen LogP contribution in [0.4, 0.5) is 0 Å². The Labute approximate surface area is 99.0 Å². The number of aryl methyl sites for hydroxylation is 1. The van der Waals surface area contributed by atoms with E-state index in [0.717, 1.165) is 5.56 Å². The normalized spacial score (nSPS) is 11.2. The average Bonchev–Trinajstić information content (AvgIpc) is 2.19. The standard InChI is InChI=1S/C10H12ClNO3S/c1-6-4-8(16(11,14)15)5-9(7(6)2)10(13)12-3/h4-5H,1-3H3,(H,12,13). The lowest BCUT2D eigenvalue weighted by atomic mass is 10.0. The molecule has 1 aromatic carbocycles. The topological polar surface area (TPSA) is 63.2 Å². The summed E-state index contributed by atoms with van der Waals surface area (Å²) >= 11 is 0. The third kappa shape index (κ3) is 2.54. The summed E-state index contributed by atoms with van der Waals surface area (Å²) in [4.78, 5) is 11.5. The number of carbonyl (C=O) groups is 1. The van der Waals surface area contributed by atoms with Gasteiger partial charge in [-0.05, 0) is 37.1 Å². The van der Waals surface area contributed by atoms with Crippen molar-refractivity contribution in [1.29, 1.82) is 0 Å². The minimum Gasteiger partial charge on any atom is -0.355 e. The summed E-state index contributed by atoms with van der Waals surface area (Å²) < 4.78 is 22.4. The molecule has 0 fully saturated rings. The molecule has 0 saturated carbocycles. The number of rotatable bonds is 2. The molecule has 1 N–H and O–H groups in total. The van der Waals surface area contributed by atoms with E-state index in [9.17, 15) is 13.2 Å². The zero-order chi connectivity index (χ0) is 12.5. The molecule has 0 spiro atoms. The van der Waals surface area contributed by atoms with Crippen molar-refractivity contribution < 1.29 is 13.2 Å². The van der Waals surface area contributed by atoms with Crippen LogP contribution in [0.3, 0.4) is 0 Å². The fraction of sp³-hybridized carbons (Fsp3) is 0.300. The Morgan fingerprint density at radius 3 is 2.31 bits per heavy atom. The molecule has 6 heteroatoms. The summed E-state index contributed by atoms with van der Waals surface area (Å²) in [5.74, 6) is -0.331. The summed E-state index contributed by atoms with van der Waals surface area (Å²) in [6.45, 7) is 3.48. The van der Waals surface area contributed by atoms with Crippen molar-refractivity contribution >= 4 is 25.6 Å². The molecule has 4 nitrogen and oxygen atoms in total. The van der Waals surface area contributed by atoms with Gasteiger partial charge in [0.1, 0.15) is 0 Å². The molecule has 0 aliphatic heterocycles. The lowest BCUT2D eigenvalue weighted by molar-refractivity contribution is 0.0962. The first kappa shape index (κ1) is 13.0. The van der Waals surface area contributed by atoms with E-state index in [4.69, 9.17) is 10.7 Å². The van der Waals surface area contributed by atoms with E-state index in [-0.39, 0.29) is 10.8 Å². The molecule has 88 valence electrons. The van der Waals surface area contributed by atoms with Gasteiger partial charge in [0, 0.05) is 23.3 Å². The van der Waals surface area contributed by atoms with Gasteiger partial charge < -0.3 is 5.32 Å². The Morgan fingerprint density at radius 1 is 1.31 bits per heavy atom. The lowest BCUT2D eigenvalue weighted by Crippen LogP contribution is -2.19. The first-order valence-corrected chi connectivity index (χ1v) is 6.86. The third-order valence-electron chi connectivity index (χ3n) is 2.39. The largest absolute Gasteiger partial charge is 0.355 e. The van der Waals surface area contributed by atoms with Crippen molar-refractivity contribution in [3.63, 3.8) is 0 Å². The van der Waals surface area contributed by atoms with Crippen LogP contribution in [-0.4, -0.2) is 21.4 Å². The molecule has 1 amide bonds. The molecule has 1 rings (SSSR count). The monoisotopic (exact) mass is 261 g/mol. The highest BCUT2D eigenvalue weighted by Gasteiger charge is 2.17. The first-order chi connectivity index (χ1) is 7.27. The van der Waals surface area contributed by atoms with Gasteiger partial charge in [-0.15, -0.1) is 0 Å². The molecule has 0 aromatic heterocycles. The molecule has 0 radical (unpaired) electrons. The van der Waals surface area contributed by atoms with E-state index in [1.807, 2.05) is 0 Å². The van der Waals surface area contributed by atoms with Gasteiger partial charge in [0.15, 0.2) is 0 Å². The van der Waals surface area contributed by atoms with Gasteiger partial charge in [-0.3, -0.25) is 4.79 Å². The van der Waals surface area contributed by atoms with Crippen molar-refractivity contribution in [3.05, 3.63) is 28.8 Å². The minimum absolute atomic E-state index is 0.0594. The van der Waals surface area contributed by atoms with Crippen molar-refractivity contribution in [2.24, 2.45) is 0 Å². The predicted molar refractivity (Wildman–Crippen MR) is 62.3 cm³/mol. The maximum absolute atomic E-state index is 11.5. The number of hydrogen-bond acceptors (Lipinski definition) is 3. The smallest absolute Gasteiger partial charge is 0.261 e. The van der Waals surface area contributed by atoms with E-state index >= 15 is 0 Å². The number of amides is 1. The molecule has 0 unspecified atom stereocenters. The van der Waals surface area contributed by atoms with Gasteiger partial charge >= 0.3 is 0 Å². The Bertz CT molecular complexity index is 537. The molecule has 0 bridgehead atoms. The fourth-order valence-corrected chi connectivity index (χ4v) is 2.18. The molecule has 0 aliphatic carbocycles. The molecule has 1 aromatic rings. The van der Waals surface area contributed by atoms with E-state index in [0.29, 0.717) is 11.1 Å². The predicted octanol–water partition coefficient (Wildman–Crippen LogP) is 1.59. The van der Waals surface area contributed by atoms with Crippen LogP contribution in [0.25, 0.3) is 0 Å². The number of benzene rings is 1. The summed E-state index contributed by atoms with van der Waals surface area (Å²) in [6, 6.07) is 2.73. The second kappa shape index (κ2) is 4.43. The van der Waals surface area contributed by atoms with Gasteiger partial charge in [0.05, 0.1) is 4.90 Å². The Hall–Kier alpha value is -1.07. The maximum atomic E-state index is 11.5. The summed E-state index contributed by atoms with van der Waals surface area (Å²) in [7, 11) is 2.91. The van der Waals surface area contributed by atoms with Crippen LogP contribution >= 0.6 is 10.7 Å². The van der Waals surface area contributed by atoms with Crippen LogP contribution in [0.2, 0.25) is 0 Å². The quantitative estimate of drug-likeness (QED) is 0.823. The van der Waals surface area contributed by atoms with Gasteiger partial charge in [0.2, 0.25) is 0 Å². The van der Waals surface area contributed by atoms with Gasteiger partial charge in [-0.1, -0.05) is 0 Å². The van der Waals surface area contributed by atoms with Gasteiger partial charge in [0.25, 0.3) is 15.0 Å². The zero-order valence-corrected chi connectivity index (χ0v) is 10.7. The molecule has 0 aliphatic rings. The third-order valence-corrected chi connectivity index (χ3v) is 3.73. The maximum Gasteiger partial charge on any atom is 0.261 e. The summed E-state index contributed by atoms with van der Waals surface area (Å²) in [5.41, 5.74) is 1.77. The number of hydrogen-bond donors (Lipinski definition) is 1. The second-order valence-corrected chi connectivity index (χ2v) is 6.00. The molecule has 0 saturated heterocycles. The highest BCUT2D eigenvalue weighted by atomic mass is 35.7. The first-order valence-electron chi connectivity index (χ1n) is 4.55. The van der Waals surface area contributed by atoms with Gasteiger partial charge in [-0.25, -0.2) is 8.42 Å². The zero-order valence-electron chi connectivity index (χ0n) is 9.17. The SMILES string of the molecule is CNC(=O)c1cc(S(=O)(=O)Cl)cc(C)c1C. The number of carbonyl (C=O) groups excluding carboxylic acids is 1. The Morgan fingerprint density at radius 2 is 1.88 bits per heavy atom. The van der Waals surface area contributed by atoms with Crippen molar-refractivity contribution in [2.75, 3.05) is 7.05 Å². The molecule has 16 heavy (non-hydrogen) atoms. The molecular weight excluding hydrogens is 250 g/mol. The van der Waals surface area contributed by atoms with Crippen molar-refractivity contribution in [2.45, 2.75) is 18.7 Å². The lowest BCUT2D eigenvalue weighted by Gasteiger charge is -2.09. The van der Waals surface area contributed by atoms with E-state index < -0.39 is 9.05 Å². The van der Waals surface area contributed by atoms with Crippen LogP contribution in [0, 0.1) is 13.8 Å². The molecule has 0 heterocycles. The summed E-state index contributed by atoms with van der Waals surface area (Å²) in [6.07, 6.45) is 0. The minimum atomic E-state index is -3.81. The van der Waals surface area contributed by atoms with Crippen LogP contribution in [0.5, 0.6) is 0 Å². The van der Waals surface area contributed by atoms with E-state index in [2.05, 4.69) is 5.32 Å². The summed E-state index contributed by atoms with van der Waals surface area (Å²) in [5, 5.41) is 2.45. The Balaban J connectivity index is 3.51. The van der Waals surface area contributed by atoms with Crippen molar-refractivity contribution in [3.8, 4) is 0 Å². The van der Waals surface area contributed by atoms with Crippen molar-refractivity contribution in [1.82, 2.24) is 5.32 Å². The van der Waals surface area contributed by atoms with Gasteiger partial charge in [-0.2, -0.15) is 0 Å². The fourth-order valence-electron chi connectivity index (χ4n) is 1.34. The molecular formula is C10H12ClNO3S. The highest BCUT2D eigenvalue weighted by molar-refractivity contribution is 8.13. The number of halogens is 1. The average molecular weight is 262 g/mol. The second-order valence-electron chi connectivity index (χ2n) is 3.43. The van der Waals surface area contributed by atoms with Crippen LogP contribution in [0.1, 0.15) is 21.5 Å². The molecule has 0 atom stereocenters. The van der Waals surface area contributed by atoms with Crippen LogP contribution in [0.15, 0.2) is 17.0 Å². The highest BCUT2D eigenvalue weighted by Crippen LogP contribution is 2.22. The van der Waals surface area contributed by atoms with E-state index in [1.54, 1.807) is 13.8 Å². The Kier molecular flexibility index (Phi) is 3.60. The van der Waals surface area contributed by atoms with Crippen LogP contribution in [-0.2, 0) is 9.05 Å². The number of nitrogens with one attached hydrogen (secondary N) is 1. The van der Waals surface area contributed by atoms with E-state index in [1.165, 1.54) is 19.2 Å². The van der Waals surface area contributed by atoms with Crippen LogP contribution < -0.4 is 5.32 Å².